The Morgan fingerprint density at radius 3 is 2.46 bits per heavy atom. The lowest BCUT2D eigenvalue weighted by Crippen LogP contribution is -2.54. The van der Waals surface area contributed by atoms with Crippen molar-refractivity contribution in [1.29, 1.82) is 0 Å². The highest BCUT2D eigenvalue weighted by Crippen LogP contribution is 2.34. The maximum atomic E-state index is 11.6. The molecular weight excluding hydrogens is 170 g/mol. The summed E-state index contributed by atoms with van der Waals surface area (Å²) >= 11 is 0. The molecule has 1 saturated carbocycles. The number of carbonyl (C=O) groups excluding carboxylic acids is 2. The van der Waals surface area contributed by atoms with E-state index in [1.54, 1.807) is 0 Å². The van der Waals surface area contributed by atoms with Gasteiger partial charge in [-0.15, -0.1) is 0 Å². The molecule has 0 aromatic rings. The topological polar surface area (TPSA) is 55.4 Å². The molecule has 13 heavy (non-hydrogen) atoms. The number of hydrogen-bond donors (Lipinski definition) is 1. The van der Waals surface area contributed by atoms with Gasteiger partial charge in [0.15, 0.2) is 11.4 Å². The molecule has 1 heterocycles. The summed E-state index contributed by atoms with van der Waals surface area (Å²) in [6, 6.07) is 0. The summed E-state index contributed by atoms with van der Waals surface area (Å²) in [5.74, 6) is -0.364. The van der Waals surface area contributed by atoms with Gasteiger partial charge in [0, 0.05) is 0 Å². The number of amides is 1. The minimum Gasteiger partial charge on any atom is -0.296 e. The summed E-state index contributed by atoms with van der Waals surface area (Å²) in [7, 11) is 0. The smallest absolute Gasteiger partial charge is 0.251 e. The first-order valence-corrected chi connectivity index (χ1v) is 4.73. The van der Waals surface area contributed by atoms with Crippen molar-refractivity contribution in [2.24, 2.45) is 0 Å². The van der Waals surface area contributed by atoms with Crippen molar-refractivity contribution in [3.05, 3.63) is 0 Å². The Bertz CT molecular complexity index is 243. The van der Waals surface area contributed by atoms with Crippen LogP contribution >= 0.6 is 0 Å². The van der Waals surface area contributed by atoms with Crippen LogP contribution in [-0.4, -0.2) is 17.3 Å². The summed E-state index contributed by atoms with van der Waals surface area (Å²) in [5, 5.41) is 0. The second-order valence-electron chi connectivity index (χ2n) is 3.78. The van der Waals surface area contributed by atoms with Crippen LogP contribution < -0.4 is 5.48 Å². The summed E-state index contributed by atoms with van der Waals surface area (Å²) in [4.78, 5) is 27.6. The molecule has 0 radical (unpaired) electrons. The monoisotopic (exact) mass is 183 g/mol. The standard InChI is InChI=1S/C9H13NO3/c11-7-6-8(12)10-13-9(7)4-2-1-3-5-9/h1-6H2,(H,10,12). The molecule has 1 amide bonds. The van der Waals surface area contributed by atoms with Crippen LogP contribution in [-0.2, 0) is 14.4 Å². The van der Waals surface area contributed by atoms with Gasteiger partial charge < -0.3 is 0 Å². The molecule has 0 unspecified atom stereocenters. The number of nitrogens with one attached hydrogen (secondary N) is 1. The molecule has 1 aliphatic heterocycles. The molecule has 1 aliphatic carbocycles. The molecule has 2 fully saturated rings. The largest absolute Gasteiger partial charge is 0.296 e. The van der Waals surface area contributed by atoms with E-state index in [2.05, 4.69) is 5.48 Å². The Balaban J connectivity index is 2.12. The van der Waals surface area contributed by atoms with Crippen molar-refractivity contribution in [2.75, 3.05) is 0 Å². The first-order valence-electron chi connectivity index (χ1n) is 4.73. The molecule has 0 aromatic heterocycles. The minimum atomic E-state index is -0.674. The summed E-state index contributed by atoms with van der Waals surface area (Å²) in [6.07, 6.45) is 4.69. The van der Waals surface area contributed by atoms with Crippen molar-refractivity contribution < 1.29 is 14.4 Å². The normalized spacial score (nSPS) is 27.4. The molecule has 72 valence electrons. The fourth-order valence-corrected chi connectivity index (χ4v) is 2.06. The number of ketones is 1. The van der Waals surface area contributed by atoms with Crippen LogP contribution in [0.25, 0.3) is 0 Å². The molecule has 2 rings (SSSR count). The van der Waals surface area contributed by atoms with Crippen LogP contribution in [0, 0.1) is 0 Å². The summed E-state index contributed by atoms with van der Waals surface area (Å²) in [5.41, 5.74) is 1.64. The van der Waals surface area contributed by atoms with Crippen LogP contribution in [0.3, 0.4) is 0 Å². The molecule has 2 aliphatic rings. The number of Topliss-reactive ketones (excluding diaryl/α,β-unsaturated/α-hetero) is 1. The predicted octanol–water partition coefficient (Wildman–Crippen LogP) is 0.710. The Morgan fingerprint density at radius 1 is 1.15 bits per heavy atom. The lowest BCUT2D eigenvalue weighted by Gasteiger charge is -2.37. The SMILES string of the molecule is O=C1CC(=O)C2(CCCCC2)ON1. The highest BCUT2D eigenvalue weighted by Gasteiger charge is 2.44. The van der Waals surface area contributed by atoms with Gasteiger partial charge in [-0.05, 0) is 12.8 Å². The van der Waals surface area contributed by atoms with Crippen molar-refractivity contribution >= 4 is 11.7 Å². The third kappa shape index (κ3) is 1.46. The van der Waals surface area contributed by atoms with Crippen LogP contribution in [0.15, 0.2) is 0 Å². The van der Waals surface area contributed by atoms with Gasteiger partial charge in [0.25, 0.3) is 5.91 Å². The maximum Gasteiger partial charge on any atom is 0.251 e. The number of rotatable bonds is 0. The van der Waals surface area contributed by atoms with Gasteiger partial charge in [-0.25, -0.2) is 5.48 Å². The first kappa shape index (κ1) is 8.69. The fraction of sp³-hybridized carbons (Fsp3) is 0.778. The van der Waals surface area contributed by atoms with E-state index in [0.717, 1.165) is 32.1 Å². The molecular formula is C9H13NO3. The zero-order valence-electron chi connectivity index (χ0n) is 7.47. The second-order valence-corrected chi connectivity index (χ2v) is 3.78. The van der Waals surface area contributed by atoms with Crippen molar-refractivity contribution in [2.45, 2.75) is 44.1 Å². The molecule has 1 saturated heterocycles. The quantitative estimate of drug-likeness (QED) is 0.563. The van der Waals surface area contributed by atoms with E-state index in [1.807, 2.05) is 0 Å². The third-order valence-electron chi connectivity index (χ3n) is 2.85. The Kier molecular flexibility index (Phi) is 2.07. The fourth-order valence-electron chi connectivity index (χ4n) is 2.06. The summed E-state index contributed by atoms with van der Waals surface area (Å²) < 4.78 is 0. The van der Waals surface area contributed by atoms with Gasteiger partial charge >= 0.3 is 0 Å². The maximum absolute atomic E-state index is 11.6. The Morgan fingerprint density at radius 2 is 1.85 bits per heavy atom. The number of carbonyl (C=O) groups is 2. The lowest BCUT2D eigenvalue weighted by molar-refractivity contribution is -0.183. The molecule has 1 spiro atoms. The van der Waals surface area contributed by atoms with Crippen LogP contribution in [0.5, 0.6) is 0 Å². The number of hydroxylamine groups is 1. The summed E-state index contributed by atoms with van der Waals surface area (Å²) in [6.45, 7) is 0. The van der Waals surface area contributed by atoms with E-state index < -0.39 is 5.60 Å². The van der Waals surface area contributed by atoms with Crippen LogP contribution in [0.1, 0.15) is 38.5 Å². The molecule has 0 bridgehead atoms. The van der Waals surface area contributed by atoms with Crippen molar-refractivity contribution in [3.8, 4) is 0 Å². The van der Waals surface area contributed by atoms with Gasteiger partial charge in [0.2, 0.25) is 0 Å². The molecule has 0 atom stereocenters. The van der Waals surface area contributed by atoms with Gasteiger partial charge in [-0.2, -0.15) is 0 Å². The van der Waals surface area contributed by atoms with E-state index in [9.17, 15) is 9.59 Å². The minimum absolute atomic E-state index is 0.0139. The van der Waals surface area contributed by atoms with E-state index in [0.29, 0.717) is 0 Å². The molecule has 4 nitrogen and oxygen atoms in total. The van der Waals surface area contributed by atoms with Crippen molar-refractivity contribution in [1.82, 2.24) is 5.48 Å². The average Bonchev–Trinajstić information content (AvgIpc) is 2.14. The van der Waals surface area contributed by atoms with E-state index in [-0.39, 0.29) is 18.1 Å². The van der Waals surface area contributed by atoms with Gasteiger partial charge in [-0.3, -0.25) is 14.4 Å². The van der Waals surface area contributed by atoms with Crippen LogP contribution in [0.2, 0.25) is 0 Å². The van der Waals surface area contributed by atoms with Crippen molar-refractivity contribution in [3.63, 3.8) is 0 Å². The van der Waals surface area contributed by atoms with Gasteiger partial charge in [0.05, 0.1) is 6.42 Å². The average molecular weight is 183 g/mol. The van der Waals surface area contributed by atoms with E-state index >= 15 is 0 Å². The second kappa shape index (κ2) is 3.10. The van der Waals surface area contributed by atoms with Gasteiger partial charge in [-0.1, -0.05) is 19.3 Å². The highest BCUT2D eigenvalue weighted by atomic mass is 16.7. The molecule has 1 N–H and O–H groups in total. The third-order valence-corrected chi connectivity index (χ3v) is 2.85. The molecule has 4 heteroatoms. The van der Waals surface area contributed by atoms with E-state index in [1.165, 1.54) is 0 Å². The Labute approximate surface area is 76.6 Å². The first-order chi connectivity index (χ1) is 6.23. The predicted molar refractivity (Wildman–Crippen MR) is 44.7 cm³/mol. The lowest BCUT2D eigenvalue weighted by atomic mass is 9.80. The zero-order chi connectivity index (χ0) is 9.31. The van der Waals surface area contributed by atoms with E-state index in [4.69, 9.17) is 4.84 Å². The highest BCUT2D eigenvalue weighted by molar-refractivity contribution is 6.03. The van der Waals surface area contributed by atoms with Gasteiger partial charge in [0.1, 0.15) is 0 Å². The molecule has 0 aromatic carbocycles. The zero-order valence-corrected chi connectivity index (χ0v) is 7.47. The number of hydrogen-bond acceptors (Lipinski definition) is 3. The van der Waals surface area contributed by atoms with Crippen LogP contribution in [0.4, 0.5) is 0 Å². The Hall–Kier alpha value is -0.900.